The molecule has 0 spiro atoms. The second-order valence-electron chi connectivity index (χ2n) is 5.84. The highest BCUT2D eigenvalue weighted by Gasteiger charge is 2.22. The van der Waals surface area contributed by atoms with Crippen LogP contribution in [0.4, 0.5) is 0 Å². The van der Waals surface area contributed by atoms with Crippen LogP contribution in [-0.4, -0.2) is 38.1 Å². The molecule has 1 unspecified atom stereocenters. The highest BCUT2D eigenvalue weighted by Crippen LogP contribution is 2.18. The number of nitrogens with zero attached hydrogens (tertiary/aromatic N) is 1. The summed E-state index contributed by atoms with van der Waals surface area (Å²) in [5.41, 5.74) is 0.385. The van der Waals surface area contributed by atoms with E-state index < -0.39 is 0 Å². The molecule has 0 amide bonds. The third kappa shape index (κ3) is 5.61. The number of hydrogen-bond acceptors (Lipinski definition) is 2. The van der Waals surface area contributed by atoms with Gasteiger partial charge in [-0.15, -0.1) is 0 Å². The Balaban J connectivity index is 4.22. The maximum absolute atomic E-state index is 3.27. The number of hydrogen-bond donors (Lipinski definition) is 1. The van der Waals surface area contributed by atoms with Gasteiger partial charge in [0.05, 0.1) is 0 Å². The van der Waals surface area contributed by atoms with Crippen LogP contribution in [0.2, 0.25) is 0 Å². The first kappa shape index (κ1) is 13.9. The predicted octanol–water partition coefficient (Wildman–Crippen LogP) is 2.21. The molecule has 14 heavy (non-hydrogen) atoms. The molecule has 1 atom stereocenters. The van der Waals surface area contributed by atoms with Gasteiger partial charge < -0.3 is 10.2 Å². The molecule has 0 aromatic rings. The highest BCUT2D eigenvalue weighted by molar-refractivity contribution is 4.77. The second kappa shape index (κ2) is 5.72. The van der Waals surface area contributed by atoms with E-state index in [0.717, 1.165) is 13.1 Å². The molecule has 0 heterocycles. The van der Waals surface area contributed by atoms with Gasteiger partial charge >= 0.3 is 0 Å². The molecule has 0 aliphatic heterocycles. The van der Waals surface area contributed by atoms with Crippen molar-refractivity contribution in [1.29, 1.82) is 0 Å². The normalized spacial score (nSPS) is 15.2. The minimum atomic E-state index is 0.385. The van der Waals surface area contributed by atoms with Gasteiger partial charge in [-0.3, -0.25) is 0 Å². The van der Waals surface area contributed by atoms with Crippen molar-refractivity contribution >= 4 is 0 Å². The molecule has 2 heteroatoms. The van der Waals surface area contributed by atoms with Crippen molar-refractivity contribution in [2.45, 2.75) is 40.7 Å². The van der Waals surface area contributed by atoms with Crippen LogP contribution in [0.25, 0.3) is 0 Å². The zero-order chi connectivity index (χ0) is 11.4. The van der Waals surface area contributed by atoms with Crippen LogP contribution in [0.3, 0.4) is 0 Å². The van der Waals surface area contributed by atoms with E-state index in [4.69, 9.17) is 0 Å². The summed E-state index contributed by atoms with van der Waals surface area (Å²) in [5, 5.41) is 3.27. The number of rotatable bonds is 5. The Bertz CT molecular complexity index is 147. The van der Waals surface area contributed by atoms with Gasteiger partial charge in [0.2, 0.25) is 0 Å². The van der Waals surface area contributed by atoms with E-state index in [1.165, 1.54) is 0 Å². The molecular formula is C12H28N2. The van der Waals surface area contributed by atoms with Crippen LogP contribution in [0, 0.1) is 11.3 Å². The van der Waals surface area contributed by atoms with Crippen molar-refractivity contribution in [2.75, 3.05) is 27.2 Å². The third-order valence-electron chi connectivity index (χ3n) is 2.47. The SMILES string of the molecule is CNCC(C(C)C)N(C)CC(C)(C)C. The number of nitrogens with one attached hydrogen (secondary N) is 1. The summed E-state index contributed by atoms with van der Waals surface area (Å²) >= 11 is 0. The average Bonchev–Trinajstić information content (AvgIpc) is 1.95. The largest absolute Gasteiger partial charge is 0.318 e. The van der Waals surface area contributed by atoms with Crippen LogP contribution < -0.4 is 5.32 Å². The fourth-order valence-electron chi connectivity index (χ4n) is 1.98. The van der Waals surface area contributed by atoms with E-state index in [1.807, 2.05) is 7.05 Å². The van der Waals surface area contributed by atoms with Crippen molar-refractivity contribution in [1.82, 2.24) is 10.2 Å². The fraction of sp³-hybridized carbons (Fsp3) is 1.00. The molecule has 1 N–H and O–H groups in total. The lowest BCUT2D eigenvalue weighted by atomic mass is 9.93. The second-order valence-corrected chi connectivity index (χ2v) is 5.84. The third-order valence-corrected chi connectivity index (χ3v) is 2.47. The molecular weight excluding hydrogens is 172 g/mol. The first-order valence-corrected chi connectivity index (χ1v) is 5.63. The summed E-state index contributed by atoms with van der Waals surface area (Å²) in [4.78, 5) is 2.47. The molecule has 0 bridgehead atoms. The summed E-state index contributed by atoms with van der Waals surface area (Å²) in [6.45, 7) is 13.7. The number of likely N-dealkylation sites (N-methyl/N-ethyl adjacent to an activating group) is 2. The molecule has 0 aliphatic rings. The zero-order valence-electron chi connectivity index (χ0n) is 11.0. The average molecular weight is 200 g/mol. The Morgan fingerprint density at radius 3 is 2.00 bits per heavy atom. The van der Waals surface area contributed by atoms with E-state index in [2.05, 4.69) is 51.9 Å². The van der Waals surface area contributed by atoms with E-state index in [9.17, 15) is 0 Å². The van der Waals surface area contributed by atoms with Gasteiger partial charge in [-0.05, 0) is 25.4 Å². The molecule has 0 aromatic heterocycles. The van der Waals surface area contributed by atoms with Gasteiger partial charge in [0, 0.05) is 19.1 Å². The molecule has 0 aromatic carbocycles. The minimum Gasteiger partial charge on any atom is -0.318 e. The molecule has 86 valence electrons. The van der Waals surface area contributed by atoms with Crippen molar-refractivity contribution in [3.05, 3.63) is 0 Å². The summed E-state index contributed by atoms with van der Waals surface area (Å²) in [7, 11) is 4.26. The van der Waals surface area contributed by atoms with Crippen molar-refractivity contribution in [2.24, 2.45) is 11.3 Å². The van der Waals surface area contributed by atoms with Crippen LogP contribution in [0.15, 0.2) is 0 Å². The first-order chi connectivity index (χ1) is 6.28. The van der Waals surface area contributed by atoms with E-state index in [1.54, 1.807) is 0 Å². The Hall–Kier alpha value is -0.0800. The summed E-state index contributed by atoms with van der Waals surface area (Å²) in [6, 6.07) is 0.638. The van der Waals surface area contributed by atoms with Crippen LogP contribution in [0.1, 0.15) is 34.6 Å². The molecule has 0 radical (unpaired) electrons. The molecule has 2 nitrogen and oxygen atoms in total. The Kier molecular flexibility index (Phi) is 5.68. The van der Waals surface area contributed by atoms with Crippen LogP contribution >= 0.6 is 0 Å². The minimum absolute atomic E-state index is 0.385. The smallest absolute Gasteiger partial charge is 0.0240 e. The van der Waals surface area contributed by atoms with Crippen molar-refractivity contribution < 1.29 is 0 Å². The van der Waals surface area contributed by atoms with Gasteiger partial charge in [-0.1, -0.05) is 34.6 Å². The first-order valence-electron chi connectivity index (χ1n) is 5.63. The lowest BCUT2D eigenvalue weighted by Crippen LogP contribution is -2.45. The Labute approximate surface area is 90.1 Å². The molecule has 0 saturated carbocycles. The van der Waals surface area contributed by atoms with E-state index in [-0.39, 0.29) is 0 Å². The van der Waals surface area contributed by atoms with Gasteiger partial charge in [0.25, 0.3) is 0 Å². The standard InChI is InChI=1S/C12H28N2/c1-10(2)11(8-13-6)14(7)9-12(3,4)5/h10-11,13H,8-9H2,1-7H3. The van der Waals surface area contributed by atoms with Gasteiger partial charge in [-0.2, -0.15) is 0 Å². The van der Waals surface area contributed by atoms with Gasteiger partial charge in [-0.25, -0.2) is 0 Å². The summed E-state index contributed by atoms with van der Waals surface area (Å²) < 4.78 is 0. The fourth-order valence-corrected chi connectivity index (χ4v) is 1.98. The predicted molar refractivity (Wildman–Crippen MR) is 64.6 cm³/mol. The summed E-state index contributed by atoms with van der Waals surface area (Å²) in [5.74, 6) is 0.704. The van der Waals surface area contributed by atoms with E-state index in [0.29, 0.717) is 17.4 Å². The zero-order valence-corrected chi connectivity index (χ0v) is 11.0. The quantitative estimate of drug-likeness (QED) is 0.732. The van der Waals surface area contributed by atoms with Crippen LogP contribution in [0.5, 0.6) is 0 Å². The highest BCUT2D eigenvalue weighted by atomic mass is 15.2. The maximum atomic E-state index is 3.27. The van der Waals surface area contributed by atoms with Crippen molar-refractivity contribution in [3.8, 4) is 0 Å². The molecule has 0 rings (SSSR count). The Morgan fingerprint density at radius 2 is 1.71 bits per heavy atom. The summed E-state index contributed by atoms with van der Waals surface area (Å²) in [6.07, 6.45) is 0. The van der Waals surface area contributed by atoms with E-state index >= 15 is 0 Å². The lowest BCUT2D eigenvalue weighted by Gasteiger charge is -2.35. The van der Waals surface area contributed by atoms with Gasteiger partial charge in [0.15, 0.2) is 0 Å². The lowest BCUT2D eigenvalue weighted by molar-refractivity contribution is 0.139. The molecule has 0 aliphatic carbocycles. The maximum Gasteiger partial charge on any atom is 0.0240 e. The topological polar surface area (TPSA) is 15.3 Å². The van der Waals surface area contributed by atoms with Gasteiger partial charge in [0.1, 0.15) is 0 Å². The molecule has 0 fully saturated rings. The monoisotopic (exact) mass is 200 g/mol. The molecule has 0 saturated heterocycles. The Morgan fingerprint density at radius 1 is 1.21 bits per heavy atom. The van der Waals surface area contributed by atoms with Crippen molar-refractivity contribution in [3.63, 3.8) is 0 Å². The van der Waals surface area contributed by atoms with Crippen LogP contribution in [-0.2, 0) is 0 Å².